The maximum Gasteiger partial charge on any atom is 0.254 e. The number of aromatic nitrogens is 2. The number of rotatable bonds is 9. The molecule has 0 aliphatic rings. The highest BCUT2D eigenvalue weighted by Crippen LogP contribution is 2.24. The first kappa shape index (κ1) is 23.7. The molecule has 3 aromatic rings. The van der Waals surface area contributed by atoms with Crippen LogP contribution in [0.15, 0.2) is 53.7 Å². The van der Waals surface area contributed by atoms with Gasteiger partial charge in [0.1, 0.15) is 11.4 Å². The van der Waals surface area contributed by atoms with Gasteiger partial charge in [0, 0.05) is 12.2 Å². The van der Waals surface area contributed by atoms with E-state index in [9.17, 15) is 14.4 Å². The zero-order valence-corrected chi connectivity index (χ0v) is 19.0. The van der Waals surface area contributed by atoms with Crippen molar-refractivity contribution in [3.8, 4) is 0 Å². The number of carbonyl (C=O) groups excluding carboxylic acids is 3. The van der Waals surface area contributed by atoms with Gasteiger partial charge >= 0.3 is 0 Å². The summed E-state index contributed by atoms with van der Waals surface area (Å²) in [6.45, 7) is 2.06. The number of primary amides is 2. The number of benzene rings is 2. The quantitative estimate of drug-likeness (QED) is 0.280. The van der Waals surface area contributed by atoms with E-state index in [0.717, 1.165) is 5.56 Å². The lowest BCUT2D eigenvalue weighted by Crippen LogP contribution is -2.28. The summed E-state index contributed by atoms with van der Waals surface area (Å²) in [5.74, 6) is -1.30. The summed E-state index contributed by atoms with van der Waals surface area (Å²) in [6, 6.07) is 13.9. The number of anilines is 2. The van der Waals surface area contributed by atoms with Crippen LogP contribution in [0.3, 0.4) is 0 Å². The van der Waals surface area contributed by atoms with Crippen LogP contribution >= 0.6 is 11.8 Å². The summed E-state index contributed by atoms with van der Waals surface area (Å²) < 4.78 is 0. The molecule has 0 fully saturated rings. The number of aryl methyl sites for hydroxylation is 1. The molecule has 3 rings (SSSR count). The fourth-order valence-corrected chi connectivity index (χ4v) is 3.69. The summed E-state index contributed by atoms with van der Waals surface area (Å²) in [5.41, 5.74) is 13.7. The molecule has 3 amide bonds. The number of nitrogens with one attached hydrogen (secondary N) is 2. The fourth-order valence-electron chi connectivity index (χ4n) is 3.28. The molecule has 1 aromatic heterocycles. The van der Waals surface area contributed by atoms with E-state index >= 15 is 0 Å². The molecule has 170 valence electrons. The Morgan fingerprint density at radius 3 is 2.36 bits per heavy atom. The molecular weight excluding hydrogens is 440 g/mol. The lowest BCUT2D eigenvalue weighted by atomic mass is 10.1. The van der Waals surface area contributed by atoms with Gasteiger partial charge in [0.25, 0.3) is 11.8 Å². The highest BCUT2D eigenvalue weighted by Gasteiger charge is 2.17. The number of nitrogens with zero attached hydrogens (tertiary/aromatic N) is 2. The van der Waals surface area contributed by atoms with Gasteiger partial charge in [-0.1, -0.05) is 36.0 Å². The molecule has 33 heavy (non-hydrogen) atoms. The first-order valence-corrected chi connectivity index (χ1v) is 11.3. The average Bonchev–Trinajstić information content (AvgIpc) is 2.78. The van der Waals surface area contributed by atoms with Gasteiger partial charge in [-0.25, -0.2) is 9.97 Å². The molecular formula is C23H24N6O3S. The second kappa shape index (κ2) is 10.6. The number of carbonyl (C=O) groups is 3. The minimum absolute atomic E-state index is 0.177. The first-order valence-electron chi connectivity index (χ1n) is 10.1. The molecule has 0 unspecified atom stereocenters. The van der Waals surface area contributed by atoms with Crippen molar-refractivity contribution in [2.24, 2.45) is 11.5 Å². The topological polar surface area (TPSA) is 153 Å². The van der Waals surface area contributed by atoms with E-state index in [1.54, 1.807) is 25.1 Å². The monoisotopic (exact) mass is 464 g/mol. The number of hydrogen-bond acceptors (Lipinski definition) is 7. The zero-order chi connectivity index (χ0) is 24.0. The van der Waals surface area contributed by atoms with Crippen molar-refractivity contribution >= 4 is 41.0 Å². The predicted molar refractivity (Wildman–Crippen MR) is 128 cm³/mol. The van der Waals surface area contributed by atoms with E-state index in [2.05, 4.69) is 20.6 Å². The second-order valence-electron chi connectivity index (χ2n) is 7.12. The second-order valence-corrected chi connectivity index (χ2v) is 7.90. The first-order chi connectivity index (χ1) is 15.8. The third-order valence-electron chi connectivity index (χ3n) is 4.82. The molecule has 10 heteroatoms. The molecule has 0 saturated carbocycles. The fraction of sp³-hybridized carbons (Fsp3) is 0.174. The molecule has 0 saturated heterocycles. The van der Waals surface area contributed by atoms with Crippen LogP contribution in [0, 0.1) is 6.92 Å². The number of nitrogens with two attached hydrogens (primary N) is 2. The zero-order valence-electron chi connectivity index (χ0n) is 18.2. The predicted octanol–water partition coefficient (Wildman–Crippen LogP) is 2.42. The summed E-state index contributed by atoms with van der Waals surface area (Å²) >= 11 is 1.36. The molecule has 6 N–H and O–H groups in total. The minimum Gasteiger partial charge on any atom is -0.366 e. The van der Waals surface area contributed by atoms with Crippen molar-refractivity contribution in [2.75, 3.05) is 18.1 Å². The molecule has 0 atom stereocenters. The third kappa shape index (κ3) is 5.86. The molecule has 0 aliphatic carbocycles. The maximum absolute atomic E-state index is 12.5. The Labute approximate surface area is 195 Å². The van der Waals surface area contributed by atoms with Crippen LogP contribution in [-0.2, 0) is 6.42 Å². The van der Waals surface area contributed by atoms with Gasteiger partial charge in [0.15, 0.2) is 5.16 Å². The Balaban J connectivity index is 1.70. The van der Waals surface area contributed by atoms with Gasteiger partial charge in [-0.3, -0.25) is 14.4 Å². The Morgan fingerprint density at radius 1 is 0.970 bits per heavy atom. The van der Waals surface area contributed by atoms with Gasteiger partial charge < -0.3 is 22.1 Å². The minimum atomic E-state index is -0.653. The van der Waals surface area contributed by atoms with Gasteiger partial charge in [-0.2, -0.15) is 0 Å². The van der Waals surface area contributed by atoms with Crippen LogP contribution in [0.4, 0.5) is 11.5 Å². The Morgan fingerprint density at radius 2 is 1.70 bits per heavy atom. The summed E-state index contributed by atoms with van der Waals surface area (Å²) in [5, 5.41) is 6.48. The van der Waals surface area contributed by atoms with Gasteiger partial charge in [-0.05, 0) is 49.4 Å². The molecule has 2 aromatic carbocycles. The Bertz CT molecular complexity index is 1210. The largest absolute Gasteiger partial charge is 0.366 e. The highest BCUT2D eigenvalue weighted by molar-refractivity contribution is 7.98. The highest BCUT2D eigenvalue weighted by atomic mass is 32.2. The van der Waals surface area contributed by atoms with Crippen molar-refractivity contribution in [1.29, 1.82) is 0 Å². The molecule has 0 spiro atoms. The number of thioether (sulfide) groups is 1. The number of hydrogen-bond donors (Lipinski definition) is 4. The van der Waals surface area contributed by atoms with Crippen molar-refractivity contribution in [3.05, 3.63) is 76.5 Å². The van der Waals surface area contributed by atoms with E-state index in [0.29, 0.717) is 35.3 Å². The van der Waals surface area contributed by atoms with Crippen LogP contribution in [0.2, 0.25) is 0 Å². The standard InChI is InChI=1S/C23H24N6O3S/c1-13-18(20(25)31)21(29-23(27-13)33-2)28-15-7-5-6-14(12-15)10-11-26-22(32)17-9-4-3-8-16(17)19(24)30/h3-9,12H,10-11H2,1-2H3,(H2,24,30)(H2,25,31)(H,26,32)(H,27,28,29). The van der Waals surface area contributed by atoms with Crippen LogP contribution in [0.1, 0.15) is 42.3 Å². The van der Waals surface area contributed by atoms with Crippen molar-refractivity contribution in [3.63, 3.8) is 0 Å². The molecule has 9 nitrogen and oxygen atoms in total. The van der Waals surface area contributed by atoms with E-state index in [1.165, 1.54) is 17.8 Å². The van der Waals surface area contributed by atoms with Crippen LogP contribution in [-0.4, -0.2) is 40.5 Å². The van der Waals surface area contributed by atoms with Gasteiger partial charge in [0.2, 0.25) is 5.91 Å². The molecule has 0 radical (unpaired) electrons. The number of amides is 3. The van der Waals surface area contributed by atoms with Crippen LogP contribution in [0.25, 0.3) is 0 Å². The lowest BCUT2D eigenvalue weighted by Gasteiger charge is -2.13. The van der Waals surface area contributed by atoms with Crippen molar-refractivity contribution in [1.82, 2.24) is 15.3 Å². The summed E-state index contributed by atoms with van der Waals surface area (Å²) in [7, 11) is 0. The normalized spacial score (nSPS) is 10.5. The van der Waals surface area contributed by atoms with E-state index in [1.807, 2.05) is 30.5 Å². The smallest absolute Gasteiger partial charge is 0.254 e. The van der Waals surface area contributed by atoms with E-state index in [-0.39, 0.29) is 22.6 Å². The van der Waals surface area contributed by atoms with E-state index < -0.39 is 11.8 Å². The van der Waals surface area contributed by atoms with Crippen molar-refractivity contribution < 1.29 is 14.4 Å². The molecule has 0 bridgehead atoms. The van der Waals surface area contributed by atoms with E-state index in [4.69, 9.17) is 11.5 Å². The maximum atomic E-state index is 12.5. The Kier molecular flexibility index (Phi) is 7.62. The van der Waals surface area contributed by atoms with Gasteiger partial charge in [0.05, 0.1) is 16.8 Å². The average molecular weight is 465 g/mol. The summed E-state index contributed by atoms with van der Waals surface area (Å²) in [6.07, 6.45) is 2.39. The van der Waals surface area contributed by atoms with Crippen LogP contribution in [0.5, 0.6) is 0 Å². The SMILES string of the molecule is CSc1nc(C)c(C(N)=O)c(Nc2cccc(CCNC(=O)c3ccccc3C(N)=O)c2)n1. The Hall–Kier alpha value is -3.92. The van der Waals surface area contributed by atoms with Gasteiger partial charge in [-0.15, -0.1) is 0 Å². The molecule has 0 aliphatic heterocycles. The van der Waals surface area contributed by atoms with Crippen LogP contribution < -0.4 is 22.1 Å². The third-order valence-corrected chi connectivity index (χ3v) is 5.37. The molecule has 1 heterocycles. The van der Waals surface area contributed by atoms with Crippen molar-refractivity contribution in [2.45, 2.75) is 18.5 Å². The summed E-state index contributed by atoms with van der Waals surface area (Å²) in [4.78, 5) is 44.6. The lowest BCUT2D eigenvalue weighted by molar-refractivity contribution is 0.0936.